The maximum absolute atomic E-state index is 5.83. The number of hydrogen-bond acceptors (Lipinski definition) is 3. The molecule has 0 saturated heterocycles. The Kier molecular flexibility index (Phi) is 1.83. The van der Waals surface area contributed by atoms with E-state index in [1.165, 1.54) is 0 Å². The van der Waals surface area contributed by atoms with Crippen LogP contribution in [0, 0.1) is 0 Å². The molecule has 0 aliphatic rings. The fraction of sp³-hybridized carbons (Fsp3) is 0.375. The van der Waals surface area contributed by atoms with Gasteiger partial charge < -0.3 is 11.5 Å². The molecule has 0 saturated carbocycles. The molecule has 1 rings (SSSR count). The van der Waals surface area contributed by atoms with Gasteiger partial charge in [0.2, 0.25) is 0 Å². The maximum atomic E-state index is 5.83. The third kappa shape index (κ3) is 1.91. The molecule has 3 nitrogen and oxygen atoms in total. The number of nitrogens with zero attached hydrogens (tertiary/aromatic N) is 1. The third-order valence-electron chi connectivity index (χ3n) is 1.50. The largest absolute Gasteiger partial charge is 0.397 e. The zero-order valence-corrected chi connectivity index (χ0v) is 6.83. The molecular weight excluding hydrogens is 138 g/mol. The van der Waals surface area contributed by atoms with Crippen molar-refractivity contribution in [3.63, 3.8) is 0 Å². The second kappa shape index (κ2) is 2.51. The van der Waals surface area contributed by atoms with E-state index in [0.717, 1.165) is 5.56 Å². The number of rotatable bonds is 1. The molecule has 0 aliphatic heterocycles. The van der Waals surface area contributed by atoms with Crippen molar-refractivity contribution >= 4 is 5.69 Å². The zero-order chi connectivity index (χ0) is 8.48. The Balaban J connectivity index is 3.06. The monoisotopic (exact) mass is 151 g/mol. The summed E-state index contributed by atoms with van der Waals surface area (Å²) >= 11 is 0. The summed E-state index contributed by atoms with van der Waals surface area (Å²) < 4.78 is 0. The van der Waals surface area contributed by atoms with Crippen molar-refractivity contribution in [3.8, 4) is 0 Å². The highest BCUT2D eigenvalue weighted by Gasteiger charge is 2.13. The molecule has 11 heavy (non-hydrogen) atoms. The Hall–Kier alpha value is -1.09. The van der Waals surface area contributed by atoms with E-state index in [4.69, 9.17) is 11.5 Å². The third-order valence-corrected chi connectivity index (χ3v) is 1.50. The Morgan fingerprint density at radius 2 is 2.00 bits per heavy atom. The summed E-state index contributed by atoms with van der Waals surface area (Å²) in [6, 6.07) is 1.84. The van der Waals surface area contributed by atoms with Gasteiger partial charge in [-0.15, -0.1) is 0 Å². The first-order chi connectivity index (χ1) is 5.00. The second-order valence-electron chi connectivity index (χ2n) is 3.23. The molecule has 1 aromatic rings. The quantitative estimate of drug-likeness (QED) is 0.625. The minimum absolute atomic E-state index is 0.359. The highest BCUT2D eigenvalue weighted by Crippen LogP contribution is 2.16. The highest BCUT2D eigenvalue weighted by atomic mass is 14.7. The molecule has 0 aromatic carbocycles. The normalized spacial score (nSPS) is 11.5. The fourth-order valence-electron chi connectivity index (χ4n) is 0.810. The van der Waals surface area contributed by atoms with Gasteiger partial charge in [-0.25, -0.2) is 0 Å². The molecule has 0 fully saturated rings. The number of anilines is 1. The number of pyridine rings is 1. The minimum atomic E-state index is -0.359. The molecule has 0 bridgehead atoms. The van der Waals surface area contributed by atoms with Crippen LogP contribution in [0.3, 0.4) is 0 Å². The molecule has 3 heteroatoms. The van der Waals surface area contributed by atoms with Crippen molar-refractivity contribution in [2.75, 3.05) is 5.73 Å². The first-order valence-electron chi connectivity index (χ1n) is 3.50. The van der Waals surface area contributed by atoms with Gasteiger partial charge in [0, 0.05) is 17.9 Å². The second-order valence-corrected chi connectivity index (χ2v) is 3.23. The van der Waals surface area contributed by atoms with E-state index < -0.39 is 0 Å². The topological polar surface area (TPSA) is 64.9 Å². The lowest BCUT2D eigenvalue weighted by Crippen LogP contribution is -2.28. The van der Waals surface area contributed by atoms with E-state index in [2.05, 4.69) is 4.98 Å². The van der Waals surface area contributed by atoms with E-state index in [1.54, 1.807) is 12.4 Å². The van der Waals surface area contributed by atoms with Crippen molar-refractivity contribution in [2.45, 2.75) is 19.4 Å². The lowest BCUT2D eigenvalue weighted by Gasteiger charge is -2.18. The van der Waals surface area contributed by atoms with Gasteiger partial charge in [0.1, 0.15) is 0 Å². The Morgan fingerprint density at radius 1 is 1.36 bits per heavy atom. The standard InChI is InChI=1S/C8H13N3/c1-8(2,10)6-3-7(9)5-11-4-6/h3-5H,9-10H2,1-2H3. The predicted octanol–water partition coefficient (Wildman–Crippen LogP) is 0.858. The van der Waals surface area contributed by atoms with E-state index in [1.807, 2.05) is 19.9 Å². The van der Waals surface area contributed by atoms with Gasteiger partial charge in [-0.05, 0) is 25.5 Å². The summed E-state index contributed by atoms with van der Waals surface area (Å²) in [6.07, 6.45) is 3.34. The van der Waals surface area contributed by atoms with Crippen LogP contribution in [-0.2, 0) is 5.54 Å². The molecule has 4 N–H and O–H groups in total. The number of nitrogen functional groups attached to an aromatic ring is 1. The van der Waals surface area contributed by atoms with Crippen LogP contribution in [0.1, 0.15) is 19.4 Å². The first kappa shape index (κ1) is 8.01. The summed E-state index contributed by atoms with van der Waals surface area (Å²) in [5.41, 5.74) is 12.6. The molecule has 0 aliphatic carbocycles. The first-order valence-corrected chi connectivity index (χ1v) is 3.50. The number of nitrogens with two attached hydrogens (primary N) is 2. The van der Waals surface area contributed by atoms with E-state index in [-0.39, 0.29) is 5.54 Å². The summed E-state index contributed by atoms with van der Waals surface area (Å²) in [7, 11) is 0. The van der Waals surface area contributed by atoms with Crippen molar-refractivity contribution < 1.29 is 0 Å². The minimum Gasteiger partial charge on any atom is -0.397 e. The molecule has 0 spiro atoms. The van der Waals surface area contributed by atoms with E-state index in [9.17, 15) is 0 Å². The highest BCUT2D eigenvalue weighted by molar-refractivity contribution is 5.39. The smallest absolute Gasteiger partial charge is 0.0504 e. The van der Waals surface area contributed by atoms with Crippen molar-refractivity contribution in [3.05, 3.63) is 24.0 Å². The van der Waals surface area contributed by atoms with Gasteiger partial charge in [-0.2, -0.15) is 0 Å². The van der Waals surface area contributed by atoms with Gasteiger partial charge in [-0.1, -0.05) is 0 Å². The van der Waals surface area contributed by atoms with Crippen LogP contribution in [0.4, 0.5) is 5.69 Å². The van der Waals surface area contributed by atoms with Crippen LogP contribution in [-0.4, -0.2) is 4.98 Å². The van der Waals surface area contributed by atoms with Crippen LogP contribution in [0.5, 0.6) is 0 Å². The van der Waals surface area contributed by atoms with E-state index >= 15 is 0 Å². The Bertz CT molecular complexity index is 250. The van der Waals surface area contributed by atoms with Crippen LogP contribution in [0.2, 0.25) is 0 Å². The Morgan fingerprint density at radius 3 is 2.36 bits per heavy atom. The molecule has 1 heterocycles. The SMILES string of the molecule is CC(C)(N)c1cncc(N)c1. The molecule has 0 radical (unpaired) electrons. The summed E-state index contributed by atoms with van der Waals surface area (Å²) in [5, 5.41) is 0. The molecule has 0 amide bonds. The van der Waals surface area contributed by atoms with Crippen molar-refractivity contribution in [1.29, 1.82) is 0 Å². The van der Waals surface area contributed by atoms with Crippen molar-refractivity contribution in [1.82, 2.24) is 4.98 Å². The van der Waals surface area contributed by atoms with Gasteiger partial charge >= 0.3 is 0 Å². The Labute approximate surface area is 66.4 Å². The predicted molar refractivity (Wildman–Crippen MR) is 45.9 cm³/mol. The summed E-state index contributed by atoms with van der Waals surface area (Å²) in [4.78, 5) is 3.95. The summed E-state index contributed by atoms with van der Waals surface area (Å²) in [5.74, 6) is 0. The van der Waals surface area contributed by atoms with Gasteiger partial charge in [0.05, 0.1) is 5.69 Å². The zero-order valence-electron chi connectivity index (χ0n) is 6.83. The molecular formula is C8H13N3. The molecule has 0 unspecified atom stereocenters. The molecule has 60 valence electrons. The van der Waals surface area contributed by atoms with Crippen molar-refractivity contribution in [2.24, 2.45) is 5.73 Å². The van der Waals surface area contributed by atoms with Gasteiger partial charge in [0.25, 0.3) is 0 Å². The average molecular weight is 151 g/mol. The lowest BCUT2D eigenvalue weighted by atomic mass is 9.97. The number of hydrogen-bond donors (Lipinski definition) is 2. The molecule has 1 aromatic heterocycles. The van der Waals surface area contributed by atoms with Crippen LogP contribution >= 0.6 is 0 Å². The van der Waals surface area contributed by atoms with E-state index in [0.29, 0.717) is 5.69 Å². The number of aromatic nitrogens is 1. The van der Waals surface area contributed by atoms with Gasteiger partial charge in [0.15, 0.2) is 0 Å². The summed E-state index contributed by atoms with van der Waals surface area (Å²) in [6.45, 7) is 3.84. The maximum Gasteiger partial charge on any atom is 0.0504 e. The fourth-order valence-corrected chi connectivity index (χ4v) is 0.810. The van der Waals surface area contributed by atoms with Gasteiger partial charge in [-0.3, -0.25) is 4.98 Å². The lowest BCUT2D eigenvalue weighted by molar-refractivity contribution is 0.552. The van der Waals surface area contributed by atoms with Crippen LogP contribution in [0.25, 0.3) is 0 Å². The average Bonchev–Trinajstić information content (AvgIpc) is 1.86. The van der Waals surface area contributed by atoms with Crippen LogP contribution in [0.15, 0.2) is 18.5 Å². The van der Waals surface area contributed by atoms with Crippen LogP contribution < -0.4 is 11.5 Å². The molecule has 0 atom stereocenters.